The number of carbonyl (C=O) groups excluding carboxylic acids is 1. The molecule has 5 nitrogen and oxygen atoms in total. The maximum Gasteiger partial charge on any atom is 0.241 e. The molecule has 96 valence electrons. The van der Waals surface area contributed by atoms with E-state index in [0.29, 0.717) is 32.5 Å². The Bertz CT molecular complexity index is 314. The third-order valence-electron chi connectivity index (χ3n) is 3.18. The molecule has 0 unspecified atom stereocenters. The van der Waals surface area contributed by atoms with Crippen molar-refractivity contribution in [3.05, 3.63) is 0 Å². The van der Waals surface area contributed by atoms with Crippen molar-refractivity contribution < 1.29 is 14.6 Å². The molecule has 0 aromatic rings. The number of rotatable bonds is 4. The summed E-state index contributed by atoms with van der Waals surface area (Å²) >= 11 is 0. The van der Waals surface area contributed by atoms with Gasteiger partial charge in [-0.15, -0.1) is 0 Å². The molecule has 1 aliphatic rings. The second-order valence-corrected chi connectivity index (χ2v) is 5.12. The predicted octanol–water partition coefficient (Wildman–Crippen LogP) is 0.584. The number of amides is 1. The quantitative estimate of drug-likeness (QED) is 0.753. The Balaban J connectivity index is 2.70. The first-order valence-corrected chi connectivity index (χ1v) is 5.88. The Morgan fingerprint density at radius 2 is 2.12 bits per heavy atom. The Labute approximate surface area is 102 Å². The summed E-state index contributed by atoms with van der Waals surface area (Å²) in [6, 6.07) is 2.13. The fourth-order valence-corrected chi connectivity index (χ4v) is 1.88. The molecule has 0 aromatic heterocycles. The molecule has 5 heteroatoms. The van der Waals surface area contributed by atoms with Crippen LogP contribution in [0.2, 0.25) is 0 Å². The van der Waals surface area contributed by atoms with E-state index in [-0.39, 0.29) is 12.5 Å². The summed E-state index contributed by atoms with van der Waals surface area (Å²) < 4.78 is 5.18. The summed E-state index contributed by atoms with van der Waals surface area (Å²) in [5, 5.41) is 21.0. The van der Waals surface area contributed by atoms with Gasteiger partial charge in [0.1, 0.15) is 5.41 Å². The van der Waals surface area contributed by atoms with Crippen LogP contribution in [0.15, 0.2) is 0 Å². The summed E-state index contributed by atoms with van der Waals surface area (Å²) in [5.41, 5.74) is -1.46. The number of hydrogen-bond acceptors (Lipinski definition) is 4. The maximum atomic E-state index is 12.2. The van der Waals surface area contributed by atoms with Crippen molar-refractivity contribution >= 4 is 5.91 Å². The number of nitriles is 1. The van der Waals surface area contributed by atoms with E-state index < -0.39 is 11.0 Å². The summed E-state index contributed by atoms with van der Waals surface area (Å²) in [5.74, 6) is -0.248. The number of ether oxygens (including phenoxy) is 1. The van der Waals surface area contributed by atoms with Crippen molar-refractivity contribution in [1.29, 1.82) is 5.26 Å². The Morgan fingerprint density at radius 3 is 2.59 bits per heavy atom. The Morgan fingerprint density at radius 1 is 1.53 bits per heavy atom. The topological polar surface area (TPSA) is 82.4 Å². The van der Waals surface area contributed by atoms with Gasteiger partial charge in [0.15, 0.2) is 0 Å². The first-order chi connectivity index (χ1) is 7.96. The minimum Gasteiger partial charge on any atom is -0.396 e. The molecule has 0 atom stereocenters. The van der Waals surface area contributed by atoms with E-state index in [2.05, 4.69) is 11.4 Å². The molecule has 1 fully saturated rings. The molecule has 0 aliphatic carbocycles. The van der Waals surface area contributed by atoms with Crippen LogP contribution in [0.1, 0.15) is 33.1 Å². The molecule has 0 spiro atoms. The van der Waals surface area contributed by atoms with E-state index in [9.17, 15) is 10.1 Å². The number of aliphatic hydroxyl groups is 1. The minimum absolute atomic E-state index is 0.00987. The van der Waals surface area contributed by atoms with Crippen molar-refractivity contribution in [2.75, 3.05) is 19.8 Å². The predicted molar refractivity (Wildman–Crippen MR) is 62.0 cm³/mol. The van der Waals surface area contributed by atoms with Gasteiger partial charge in [-0.05, 0) is 33.1 Å². The van der Waals surface area contributed by atoms with Gasteiger partial charge in [0.25, 0.3) is 0 Å². The maximum absolute atomic E-state index is 12.2. The van der Waals surface area contributed by atoms with Crippen LogP contribution in [0.25, 0.3) is 0 Å². The summed E-state index contributed by atoms with van der Waals surface area (Å²) in [6.45, 7) is 4.58. The number of carbonyl (C=O) groups is 1. The Kier molecular flexibility index (Phi) is 4.49. The molecule has 1 heterocycles. The zero-order valence-electron chi connectivity index (χ0n) is 10.5. The van der Waals surface area contributed by atoms with Crippen molar-refractivity contribution in [3.8, 4) is 6.07 Å². The number of aliphatic hydroxyl groups excluding tert-OH is 1. The molecule has 0 bridgehead atoms. The average molecular weight is 240 g/mol. The van der Waals surface area contributed by atoms with Gasteiger partial charge in [0.05, 0.1) is 6.07 Å². The fourth-order valence-electron chi connectivity index (χ4n) is 1.88. The SMILES string of the molecule is CC(C)(CCO)NC(=O)C1(C#N)CCOCC1. The summed E-state index contributed by atoms with van der Waals surface area (Å²) in [4.78, 5) is 12.2. The zero-order valence-corrected chi connectivity index (χ0v) is 10.5. The standard InChI is InChI=1S/C12H20N2O3/c1-11(2,3-6-15)14-10(16)12(9-13)4-7-17-8-5-12/h15H,3-8H2,1-2H3,(H,14,16). The normalized spacial score (nSPS) is 19.4. The van der Waals surface area contributed by atoms with E-state index in [4.69, 9.17) is 9.84 Å². The highest BCUT2D eigenvalue weighted by Gasteiger charge is 2.42. The van der Waals surface area contributed by atoms with Gasteiger partial charge in [0.2, 0.25) is 5.91 Å². The third kappa shape index (κ3) is 3.42. The van der Waals surface area contributed by atoms with Crippen molar-refractivity contribution in [1.82, 2.24) is 5.32 Å². The van der Waals surface area contributed by atoms with Gasteiger partial charge in [-0.25, -0.2) is 0 Å². The van der Waals surface area contributed by atoms with Gasteiger partial charge in [-0.3, -0.25) is 4.79 Å². The van der Waals surface area contributed by atoms with Gasteiger partial charge < -0.3 is 15.2 Å². The molecule has 1 rings (SSSR count). The van der Waals surface area contributed by atoms with E-state index in [1.165, 1.54) is 0 Å². The van der Waals surface area contributed by atoms with Gasteiger partial charge >= 0.3 is 0 Å². The lowest BCUT2D eigenvalue weighted by Gasteiger charge is -2.34. The highest BCUT2D eigenvalue weighted by molar-refractivity contribution is 5.86. The largest absolute Gasteiger partial charge is 0.396 e. The van der Waals surface area contributed by atoms with Gasteiger partial charge in [-0.1, -0.05) is 0 Å². The molecule has 17 heavy (non-hydrogen) atoms. The lowest BCUT2D eigenvalue weighted by Crippen LogP contribution is -2.52. The van der Waals surface area contributed by atoms with Gasteiger partial charge in [-0.2, -0.15) is 5.26 Å². The van der Waals surface area contributed by atoms with Crippen LogP contribution in [0.3, 0.4) is 0 Å². The highest BCUT2D eigenvalue weighted by atomic mass is 16.5. The average Bonchev–Trinajstić information content (AvgIpc) is 2.29. The zero-order chi connectivity index (χ0) is 12.9. The molecule has 2 N–H and O–H groups in total. The first kappa shape index (κ1) is 13.9. The van der Waals surface area contributed by atoms with Crippen LogP contribution in [0.4, 0.5) is 0 Å². The molecule has 1 aliphatic heterocycles. The third-order valence-corrected chi connectivity index (χ3v) is 3.18. The fraction of sp³-hybridized carbons (Fsp3) is 0.833. The van der Waals surface area contributed by atoms with Crippen molar-refractivity contribution in [3.63, 3.8) is 0 Å². The molecular weight excluding hydrogens is 220 g/mol. The highest BCUT2D eigenvalue weighted by Crippen LogP contribution is 2.30. The van der Waals surface area contributed by atoms with Crippen LogP contribution < -0.4 is 5.32 Å². The molecule has 1 saturated heterocycles. The smallest absolute Gasteiger partial charge is 0.241 e. The van der Waals surface area contributed by atoms with E-state index in [1.54, 1.807) is 0 Å². The molecule has 0 radical (unpaired) electrons. The molecule has 0 aromatic carbocycles. The summed E-state index contributed by atoms with van der Waals surface area (Å²) in [7, 11) is 0. The number of hydrogen-bond donors (Lipinski definition) is 2. The minimum atomic E-state index is -0.967. The molecule has 0 saturated carbocycles. The second kappa shape index (κ2) is 5.48. The van der Waals surface area contributed by atoms with E-state index in [1.807, 2.05) is 13.8 Å². The second-order valence-electron chi connectivity index (χ2n) is 5.12. The van der Waals surface area contributed by atoms with Crippen LogP contribution in [0.5, 0.6) is 0 Å². The lowest BCUT2D eigenvalue weighted by atomic mass is 9.80. The molecular formula is C12H20N2O3. The Hall–Kier alpha value is -1.12. The first-order valence-electron chi connectivity index (χ1n) is 5.88. The van der Waals surface area contributed by atoms with Crippen LogP contribution >= 0.6 is 0 Å². The summed E-state index contributed by atoms with van der Waals surface area (Å²) in [6.07, 6.45) is 1.34. The van der Waals surface area contributed by atoms with Crippen molar-refractivity contribution in [2.45, 2.75) is 38.6 Å². The monoisotopic (exact) mass is 240 g/mol. The van der Waals surface area contributed by atoms with Crippen LogP contribution in [-0.4, -0.2) is 36.4 Å². The van der Waals surface area contributed by atoms with Gasteiger partial charge in [0, 0.05) is 25.4 Å². The van der Waals surface area contributed by atoms with Crippen LogP contribution in [0, 0.1) is 16.7 Å². The van der Waals surface area contributed by atoms with Crippen molar-refractivity contribution in [2.24, 2.45) is 5.41 Å². The lowest BCUT2D eigenvalue weighted by molar-refractivity contribution is -0.134. The number of nitrogens with one attached hydrogen (secondary N) is 1. The van der Waals surface area contributed by atoms with E-state index in [0.717, 1.165) is 0 Å². The molecule has 1 amide bonds. The van der Waals surface area contributed by atoms with Crippen LogP contribution in [-0.2, 0) is 9.53 Å². The number of nitrogens with zero attached hydrogens (tertiary/aromatic N) is 1. The van der Waals surface area contributed by atoms with E-state index >= 15 is 0 Å².